The Morgan fingerprint density at radius 3 is 0.833 bits per heavy atom. The fraction of sp³-hybridized carbons (Fsp3) is 1.00. The van der Waals surface area contributed by atoms with Crippen LogP contribution in [0.2, 0.25) is 0 Å². The Balaban J connectivity index is 1.28. The summed E-state index contributed by atoms with van der Waals surface area (Å²) in [5.74, 6) is 0. The Morgan fingerprint density at radius 2 is 0.600 bits per heavy atom. The first-order chi connectivity index (χ1) is 14.9. The lowest BCUT2D eigenvalue weighted by molar-refractivity contribution is -0.267. The van der Waals surface area contributed by atoms with Crippen molar-refractivity contribution < 1.29 is 9.68 Å². The van der Waals surface area contributed by atoms with E-state index < -0.39 is 0 Å². The van der Waals surface area contributed by atoms with Crippen molar-refractivity contribution in [2.75, 3.05) is 13.2 Å². The molecule has 0 aromatic rings. The van der Waals surface area contributed by atoms with Crippen LogP contribution < -0.4 is 0 Å². The second kappa shape index (κ2) is 12.8. The topological polar surface area (TPSA) is 24.9 Å². The molecule has 0 aromatic heterocycles. The molecule has 0 bridgehead atoms. The average Bonchev–Trinajstić information content (AvgIpc) is 2.84. The van der Waals surface area contributed by atoms with Gasteiger partial charge in [0.25, 0.3) is 0 Å². The Bertz CT molecular complexity index is 372. The largest absolute Gasteiger partial charge is 0.296 e. The predicted octanol–water partition coefficient (Wildman–Crippen LogP) is 6.78. The number of nitrogens with zero attached hydrogens (tertiary/aromatic N) is 2. The monoisotopic (exact) mass is 420 g/mol. The van der Waals surface area contributed by atoms with E-state index in [9.17, 15) is 0 Å². The van der Waals surface area contributed by atoms with Crippen LogP contribution in [0.25, 0.3) is 0 Å². The maximum Gasteiger partial charge on any atom is 0.0939 e. The number of hydrogen-bond donors (Lipinski definition) is 0. The SMILES string of the molecule is C1CCC(N(OCCON(C2CCCCC2)C2CCCCC2)C2CCCCC2)CC1. The minimum Gasteiger partial charge on any atom is -0.296 e. The van der Waals surface area contributed by atoms with Crippen molar-refractivity contribution in [1.29, 1.82) is 0 Å². The van der Waals surface area contributed by atoms with Gasteiger partial charge in [-0.2, -0.15) is 10.1 Å². The first-order valence-corrected chi connectivity index (χ1v) is 13.7. The van der Waals surface area contributed by atoms with E-state index in [0.29, 0.717) is 24.2 Å². The molecule has 0 N–H and O–H groups in total. The van der Waals surface area contributed by atoms with Crippen LogP contribution in [-0.4, -0.2) is 47.5 Å². The molecule has 4 rings (SSSR count). The highest BCUT2D eigenvalue weighted by molar-refractivity contribution is 4.81. The van der Waals surface area contributed by atoms with Crippen molar-refractivity contribution in [3.05, 3.63) is 0 Å². The second-order valence-electron chi connectivity index (χ2n) is 10.6. The van der Waals surface area contributed by atoms with Gasteiger partial charge < -0.3 is 0 Å². The van der Waals surface area contributed by atoms with E-state index in [-0.39, 0.29) is 0 Å². The van der Waals surface area contributed by atoms with E-state index in [2.05, 4.69) is 10.1 Å². The third kappa shape index (κ3) is 6.67. The van der Waals surface area contributed by atoms with Gasteiger partial charge in [-0.1, -0.05) is 77.0 Å². The van der Waals surface area contributed by atoms with Gasteiger partial charge in [0.05, 0.1) is 13.2 Å². The van der Waals surface area contributed by atoms with Gasteiger partial charge in [0.15, 0.2) is 0 Å². The van der Waals surface area contributed by atoms with Crippen molar-refractivity contribution in [1.82, 2.24) is 10.1 Å². The molecule has 4 nitrogen and oxygen atoms in total. The van der Waals surface area contributed by atoms with Crippen LogP contribution in [0.1, 0.15) is 128 Å². The van der Waals surface area contributed by atoms with Gasteiger partial charge in [-0.3, -0.25) is 9.68 Å². The van der Waals surface area contributed by atoms with Gasteiger partial charge in [-0.05, 0) is 51.4 Å². The van der Waals surface area contributed by atoms with Crippen LogP contribution >= 0.6 is 0 Å². The summed E-state index contributed by atoms with van der Waals surface area (Å²) >= 11 is 0. The first-order valence-electron chi connectivity index (χ1n) is 13.7. The molecule has 0 atom stereocenters. The standard InChI is InChI=1S/C26H48N2O2/c1-5-13-23(14-6-1)27(24-15-7-2-8-16-24)29-21-22-30-28(25-17-9-3-10-18-25)26-19-11-4-12-20-26/h23-26H,1-22H2. The summed E-state index contributed by atoms with van der Waals surface area (Å²) in [6, 6.07) is 2.59. The molecule has 0 aromatic carbocycles. The fourth-order valence-electron chi connectivity index (χ4n) is 6.65. The molecule has 0 amide bonds. The zero-order valence-corrected chi connectivity index (χ0v) is 19.6. The van der Waals surface area contributed by atoms with Crippen LogP contribution in [0.15, 0.2) is 0 Å². The summed E-state index contributed by atoms with van der Waals surface area (Å²) < 4.78 is 0. The minimum atomic E-state index is 0.648. The van der Waals surface area contributed by atoms with Crippen molar-refractivity contribution in [2.45, 2.75) is 153 Å². The molecule has 0 radical (unpaired) electrons. The third-order valence-electron chi connectivity index (χ3n) is 8.30. The van der Waals surface area contributed by atoms with Crippen molar-refractivity contribution >= 4 is 0 Å². The smallest absolute Gasteiger partial charge is 0.0939 e. The Kier molecular flexibility index (Phi) is 9.80. The summed E-state index contributed by atoms with van der Waals surface area (Å²) in [5, 5.41) is 4.93. The summed E-state index contributed by atoms with van der Waals surface area (Å²) in [6.07, 6.45) is 27.3. The van der Waals surface area contributed by atoms with Crippen LogP contribution in [0, 0.1) is 0 Å². The zero-order valence-electron chi connectivity index (χ0n) is 19.6. The molecule has 30 heavy (non-hydrogen) atoms. The molecule has 0 heterocycles. The van der Waals surface area contributed by atoms with Gasteiger partial charge in [-0.15, -0.1) is 0 Å². The lowest BCUT2D eigenvalue weighted by atomic mass is 9.90. The lowest BCUT2D eigenvalue weighted by Crippen LogP contribution is -2.47. The normalized spacial score (nSPS) is 26.6. The van der Waals surface area contributed by atoms with Gasteiger partial charge in [-0.25, -0.2) is 0 Å². The van der Waals surface area contributed by atoms with Gasteiger partial charge in [0.1, 0.15) is 0 Å². The van der Waals surface area contributed by atoms with E-state index in [1.54, 1.807) is 0 Å². The summed E-state index contributed by atoms with van der Waals surface area (Å²) in [6.45, 7) is 1.45. The molecule has 0 aliphatic heterocycles. The van der Waals surface area contributed by atoms with Crippen molar-refractivity contribution in [2.24, 2.45) is 0 Å². The Labute approximate surface area is 185 Å². The third-order valence-corrected chi connectivity index (χ3v) is 8.30. The molecule has 4 aliphatic rings. The first kappa shape index (κ1) is 23.0. The lowest BCUT2D eigenvalue weighted by Gasteiger charge is -2.42. The van der Waals surface area contributed by atoms with Crippen LogP contribution in [0.3, 0.4) is 0 Å². The highest BCUT2D eigenvalue weighted by Crippen LogP contribution is 2.32. The number of hydroxylamine groups is 4. The van der Waals surface area contributed by atoms with E-state index in [1.807, 2.05) is 0 Å². The minimum absolute atomic E-state index is 0.648. The van der Waals surface area contributed by atoms with Crippen molar-refractivity contribution in [3.8, 4) is 0 Å². The van der Waals surface area contributed by atoms with Crippen LogP contribution in [0.5, 0.6) is 0 Å². The van der Waals surface area contributed by atoms with E-state index in [4.69, 9.17) is 9.68 Å². The van der Waals surface area contributed by atoms with Gasteiger partial charge >= 0.3 is 0 Å². The second-order valence-corrected chi connectivity index (χ2v) is 10.6. The molecule has 0 unspecified atom stereocenters. The number of rotatable bonds is 9. The van der Waals surface area contributed by atoms with Gasteiger partial charge in [0, 0.05) is 24.2 Å². The van der Waals surface area contributed by atoms with E-state index in [1.165, 1.54) is 128 Å². The van der Waals surface area contributed by atoms with Crippen LogP contribution in [0.4, 0.5) is 0 Å². The average molecular weight is 421 g/mol. The quantitative estimate of drug-likeness (QED) is 0.303. The molecule has 0 spiro atoms. The molecule has 0 saturated heterocycles. The summed E-state index contributed by atoms with van der Waals surface area (Å²) in [5.41, 5.74) is 0. The zero-order chi connectivity index (χ0) is 20.4. The molecular formula is C26H48N2O2. The maximum atomic E-state index is 6.53. The number of hydrogen-bond acceptors (Lipinski definition) is 4. The van der Waals surface area contributed by atoms with Crippen LogP contribution in [-0.2, 0) is 9.68 Å². The van der Waals surface area contributed by atoms with E-state index >= 15 is 0 Å². The highest BCUT2D eigenvalue weighted by Gasteiger charge is 2.32. The molecule has 174 valence electrons. The van der Waals surface area contributed by atoms with Crippen molar-refractivity contribution in [3.63, 3.8) is 0 Å². The Hall–Kier alpha value is -0.160. The molecule has 4 saturated carbocycles. The molecule has 4 aliphatic carbocycles. The summed E-state index contributed by atoms with van der Waals surface area (Å²) in [4.78, 5) is 13.1. The Morgan fingerprint density at radius 1 is 0.367 bits per heavy atom. The van der Waals surface area contributed by atoms with E-state index in [0.717, 1.165) is 13.2 Å². The van der Waals surface area contributed by atoms with Gasteiger partial charge in [0.2, 0.25) is 0 Å². The molecular weight excluding hydrogens is 372 g/mol. The maximum absolute atomic E-state index is 6.53. The fourth-order valence-corrected chi connectivity index (χ4v) is 6.65. The summed E-state index contributed by atoms with van der Waals surface area (Å²) in [7, 11) is 0. The molecule has 4 fully saturated rings. The predicted molar refractivity (Wildman–Crippen MR) is 123 cm³/mol. The highest BCUT2D eigenvalue weighted by atomic mass is 16.7. The molecule has 4 heteroatoms.